The third kappa shape index (κ3) is 5.51. The summed E-state index contributed by atoms with van der Waals surface area (Å²) in [6, 6.07) is 29.5. The van der Waals surface area contributed by atoms with E-state index in [-0.39, 0.29) is 5.91 Å². The molecule has 0 spiro atoms. The predicted octanol–water partition coefficient (Wildman–Crippen LogP) is 8.62. The first-order valence-corrected chi connectivity index (χ1v) is 16.5. The molecule has 5 nitrogen and oxygen atoms in total. The molecule has 3 N–H and O–H groups in total. The Bertz CT molecular complexity index is 1980. The van der Waals surface area contributed by atoms with Gasteiger partial charge in [-0.2, -0.15) is 0 Å². The SMILES string of the molecule is O=C1NCc2cc(-c3ccc4[nH]c(CCCOc5ccc([C@@H]6c7ccc(O)cc7CC[C@@H]6C6C=CC=CC6)cc5)cc4c3)ccc21. The topological polar surface area (TPSA) is 74.4 Å². The van der Waals surface area contributed by atoms with Crippen molar-refractivity contribution >= 4 is 16.8 Å². The van der Waals surface area contributed by atoms with Gasteiger partial charge in [0.15, 0.2) is 0 Å². The Morgan fingerprint density at radius 1 is 0.870 bits per heavy atom. The van der Waals surface area contributed by atoms with Crippen molar-refractivity contribution in [2.24, 2.45) is 11.8 Å². The number of aryl methyl sites for hydroxylation is 2. The minimum absolute atomic E-state index is 0.0142. The summed E-state index contributed by atoms with van der Waals surface area (Å²) in [6.07, 6.45) is 14.0. The lowest BCUT2D eigenvalue weighted by Crippen LogP contribution is -2.27. The molecule has 230 valence electrons. The Morgan fingerprint density at radius 2 is 1.74 bits per heavy atom. The molecular weight excluding hydrogens is 568 g/mol. The maximum absolute atomic E-state index is 11.9. The van der Waals surface area contributed by atoms with E-state index < -0.39 is 0 Å². The van der Waals surface area contributed by atoms with Crippen LogP contribution in [0.25, 0.3) is 22.0 Å². The number of benzene rings is 4. The number of allylic oxidation sites excluding steroid dienone is 4. The minimum Gasteiger partial charge on any atom is -0.508 e. The van der Waals surface area contributed by atoms with Crippen LogP contribution in [0.1, 0.15) is 63.5 Å². The summed E-state index contributed by atoms with van der Waals surface area (Å²) in [5, 5.41) is 14.2. The van der Waals surface area contributed by atoms with Gasteiger partial charge in [0.05, 0.1) is 6.61 Å². The van der Waals surface area contributed by atoms with E-state index in [0.717, 1.165) is 65.6 Å². The van der Waals surface area contributed by atoms with E-state index >= 15 is 0 Å². The number of amides is 1. The zero-order chi connectivity index (χ0) is 31.0. The summed E-state index contributed by atoms with van der Waals surface area (Å²) in [6.45, 7) is 1.25. The van der Waals surface area contributed by atoms with E-state index in [4.69, 9.17) is 4.74 Å². The van der Waals surface area contributed by atoms with Gasteiger partial charge in [-0.3, -0.25) is 4.79 Å². The number of aromatic hydroxyl groups is 1. The highest BCUT2D eigenvalue weighted by atomic mass is 16.5. The summed E-state index contributed by atoms with van der Waals surface area (Å²) in [7, 11) is 0. The largest absolute Gasteiger partial charge is 0.508 e. The molecular formula is C41H38N2O3. The first kappa shape index (κ1) is 28.4. The Labute approximate surface area is 269 Å². The lowest BCUT2D eigenvalue weighted by atomic mass is 9.66. The molecule has 0 radical (unpaired) electrons. The molecule has 0 bridgehead atoms. The van der Waals surface area contributed by atoms with Gasteiger partial charge >= 0.3 is 0 Å². The number of rotatable bonds is 8. The summed E-state index contributed by atoms with van der Waals surface area (Å²) in [5.41, 5.74) is 10.4. The van der Waals surface area contributed by atoms with Crippen molar-refractivity contribution in [3.05, 3.63) is 143 Å². The summed E-state index contributed by atoms with van der Waals surface area (Å²) in [5.74, 6) is 2.60. The average molecular weight is 607 g/mol. The molecule has 5 heteroatoms. The van der Waals surface area contributed by atoms with E-state index in [1.807, 2.05) is 24.3 Å². The molecule has 1 amide bonds. The second-order valence-corrected chi connectivity index (χ2v) is 12.9. The third-order valence-corrected chi connectivity index (χ3v) is 10.1. The number of nitrogens with one attached hydrogen (secondary N) is 2. The number of aromatic nitrogens is 1. The van der Waals surface area contributed by atoms with Crippen molar-refractivity contribution in [2.45, 2.75) is 44.6 Å². The molecule has 4 aromatic carbocycles. The van der Waals surface area contributed by atoms with Crippen LogP contribution < -0.4 is 10.1 Å². The standard InChI is InChI=1S/C41H38N2O3/c44-34-13-18-37-30(24-34)11-16-36(26-5-2-1-3-6-26)40(37)27-8-14-35(15-9-27)46-20-4-7-33-23-31-21-29(12-19-39(31)43-33)28-10-17-38-32(22-28)25-42-41(38)45/h1-3,5,8-10,12-15,17-19,21-24,26,36,40,43-44H,4,6-7,11,16,20,25H2,(H,42,45)/t26?,36-,40+/m1/s1. The number of carbonyl (C=O) groups excluding carboxylic acids is 1. The predicted molar refractivity (Wildman–Crippen MR) is 183 cm³/mol. The highest BCUT2D eigenvalue weighted by Gasteiger charge is 2.35. The third-order valence-electron chi connectivity index (χ3n) is 10.1. The van der Waals surface area contributed by atoms with Crippen LogP contribution in [0.2, 0.25) is 0 Å². The van der Waals surface area contributed by atoms with Gasteiger partial charge in [-0.15, -0.1) is 0 Å². The molecule has 2 aliphatic carbocycles. The number of hydrogen-bond donors (Lipinski definition) is 3. The van der Waals surface area contributed by atoms with Crippen LogP contribution in [0.4, 0.5) is 0 Å². The van der Waals surface area contributed by atoms with Crippen molar-refractivity contribution in [3.63, 3.8) is 0 Å². The van der Waals surface area contributed by atoms with Gasteiger partial charge in [-0.05, 0) is 132 Å². The number of aromatic amines is 1. The van der Waals surface area contributed by atoms with Crippen molar-refractivity contribution in [2.75, 3.05) is 6.61 Å². The van der Waals surface area contributed by atoms with Crippen LogP contribution >= 0.6 is 0 Å². The molecule has 0 saturated carbocycles. The fraction of sp³-hybridized carbons (Fsp3) is 0.244. The Balaban J connectivity index is 0.913. The number of H-pyrrole nitrogens is 1. The van der Waals surface area contributed by atoms with E-state index in [0.29, 0.717) is 36.7 Å². The Hall–Kier alpha value is -5.03. The zero-order valence-corrected chi connectivity index (χ0v) is 25.8. The van der Waals surface area contributed by atoms with Gasteiger partial charge < -0.3 is 20.1 Å². The normalized spacial score (nSPS) is 20.0. The lowest BCUT2D eigenvalue weighted by molar-refractivity contribution is 0.0965. The minimum atomic E-state index is 0.0142. The second-order valence-electron chi connectivity index (χ2n) is 12.9. The molecule has 0 saturated heterocycles. The summed E-state index contributed by atoms with van der Waals surface area (Å²) >= 11 is 0. The first-order chi connectivity index (χ1) is 22.6. The number of phenols is 1. The monoisotopic (exact) mass is 606 g/mol. The average Bonchev–Trinajstić information content (AvgIpc) is 3.68. The smallest absolute Gasteiger partial charge is 0.251 e. The summed E-state index contributed by atoms with van der Waals surface area (Å²) in [4.78, 5) is 15.5. The number of ether oxygens (including phenoxy) is 1. The van der Waals surface area contributed by atoms with Gasteiger partial charge in [0.2, 0.25) is 0 Å². The molecule has 3 aliphatic rings. The molecule has 1 unspecified atom stereocenters. The van der Waals surface area contributed by atoms with Crippen LogP contribution in [0.5, 0.6) is 11.5 Å². The van der Waals surface area contributed by atoms with Crippen LogP contribution in [0, 0.1) is 11.8 Å². The highest BCUT2D eigenvalue weighted by Crippen LogP contribution is 2.47. The maximum atomic E-state index is 11.9. The van der Waals surface area contributed by atoms with Gasteiger partial charge in [0.25, 0.3) is 5.91 Å². The number of carbonyl (C=O) groups is 1. The van der Waals surface area contributed by atoms with Gasteiger partial charge in [0.1, 0.15) is 11.5 Å². The van der Waals surface area contributed by atoms with Gasteiger partial charge in [-0.1, -0.05) is 54.6 Å². The van der Waals surface area contributed by atoms with Crippen LogP contribution in [0.15, 0.2) is 109 Å². The molecule has 8 rings (SSSR count). The van der Waals surface area contributed by atoms with Crippen molar-refractivity contribution in [3.8, 4) is 22.6 Å². The van der Waals surface area contributed by atoms with Crippen LogP contribution in [-0.4, -0.2) is 22.6 Å². The molecule has 5 aromatic rings. The fourth-order valence-corrected chi connectivity index (χ4v) is 7.78. The molecule has 1 aromatic heterocycles. The quantitative estimate of drug-likeness (QED) is 0.155. The van der Waals surface area contributed by atoms with Gasteiger partial charge in [-0.25, -0.2) is 0 Å². The number of phenolic OH excluding ortho intramolecular Hbond substituents is 1. The maximum Gasteiger partial charge on any atom is 0.251 e. The lowest BCUT2D eigenvalue weighted by Gasteiger charge is -2.38. The number of fused-ring (bicyclic) bond motifs is 3. The summed E-state index contributed by atoms with van der Waals surface area (Å²) < 4.78 is 6.20. The zero-order valence-electron chi connectivity index (χ0n) is 25.8. The molecule has 1 aliphatic heterocycles. The van der Waals surface area contributed by atoms with E-state index in [1.54, 1.807) is 0 Å². The van der Waals surface area contributed by atoms with E-state index in [9.17, 15) is 9.90 Å². The van der Waals surface area contributed by atoms with E-state index in [1.165, 1.54) is 27.8 Å². The van der Waals surface area contributed by atoms with E-state index in [2.05, 4.69) is 95.3 Å². The van der Waals surface area contributed by atoms with Crippen molar-refractivity contribution in [1.29, 1.82) is 0 Å². The van der Waals surface area contributed by atoms with Crippen LogP contribution in [0.3, 0.4) is 0 Å². The second kappa shape index (κ2) is 12.1. The molecule has 0 fully saturated rings. The highest BCUT2D eigenvalue weighted by molar-refractivity contribution is 5.99. The molecule has 46 heavy (non-hydrogen) atoms. The first-order valence-electron chi connectivity index (χ1n) is 16.5. The molecule has 3 atom stereocenters. The van der Waals surface area contributed by atoms with Gasteiger partial charge in [0, 0.05) is 34.6 Å². The Kier molecular flexibility index (Phi) is 7.45. The molecule has 2 heterocycles. The van der Waals surface area contributed by atoms with Crippen molar-refractivity contribution in [1.82, 2.24) is 10.3 Å². The van der Waals surface area contributed by atoms with Crippen molar-refractivity contribution < 1.29 is 14.6 Å². The number of hydrogen-bond acceptors (Lipinski definition) is 3. The Morgan fingerprint density at radius 3 is 2.61 bits per heavy atom. The fourth-order valence-electron chi connectivity index (χ4n) is 7.78. The van der Waals surface area contributed by atoms with Crippen LogP contribution in [-0.2, 0) is 19.4 Å².